The lowest BCUT2D eigenvalue weighted by molar-refractivity contribution is -0.0142. The lowest BCUT2D eigenvalue weighted by atomic mass is 9.74. The van der Waals surface area contributed by atoms with Crippen LogP contribution in [0.25, 0.3) is 0 Å². The Hall–Kier alpha value is -0.120. The number of nitrogens with one attached hydrogen (secondary N) is 1. The van der Waals surface area contributed by atoms with Gasteiger partial charge in [0.1, 0.15) is 0 Å². The predicted octanol–water partition coefficient (Wildman–Crippen LogP) is 2.57. The highest BCUT2D eigenvalue weighted by atomic mass is 15.3. The molecule has 21 heavy (non-hydrogen) atoms. The predicted molar refractivity (Wildman–Crippen MR) is 89.6 cm³/mol. The molecule has 3 saturated heterocycles. The first kappa shape index (κ1) is 15.8. The van der Waals surface area contributed by atoms with Crippen LogP contribution in [0.15, 0.2) is 0 Å². The van der Waals surface area contributed by atoms with Gasteiger partial charge < -0.3 is 5.32 Å². The zero-order valence-electron chi connectivity index (χ0n) is 14.4. The SMILES string of the molecule is CC1CN2CCCCC2CN1CC(C)(C)C1CCCNC1. The fraction of sp³-hybridized carbons (Fsp3) is 1.00. The van der Waals surface area contributed by atoms with Gasteiger partial charge in [-0.15, -0.1) is 0 Å². The summed E-state index contributed by atoms with van der Waals surface area (Å²) in [6, 6.07) is 1.57. The maximum Gasteiger partial charge on any atom is 0.0223 e. The van der Waals surface area contributed by atoms with Gasteiger partial charge in [-0.1, -0.05) is 20.3 Å². The van der Waals surface area contributed by atoms with Crippen LogP contribution in [0.5, 0.6) is 0 Å². The van der Waals surface area contributed by atoms with Gasteiger partial charge in [0.2, 0.25) is 0 Å². The van der Waals surface area contributed by atoms with Gasteiger partial charge in [-0.25, -0.2) is 0 Å². The molecule has 0 saturated carbocycles. The van der Waals surface area contributed by atoms with E-state index in [1.54, 1.807) is 0 Å². The first-order chi connectivity index (χ1) is 10.1. The van der Waals surface area contributed by atoms with Crippen molar-refractivity contribution in [1.29, 1.82) is 0 Å². The number of hydrogen-bond donors (Lipinski definition) is 1. The van der Waals surface area contributed by atoms with Crippen molar-refractivity contribution in [2.45, 2.75) is 65.0 Å². The molecule has 3 fully saturated rings. The van der Waals surface area contributed by atoms with Crippen LogP contribution in [0.2, 0.25) is 0 Å². The topological polar surface area (TPSA) is 18.5 Å². The highest BCUT2D eigenvalue weighted by molar-refractivity contribution is 4.93. The number of nitrogens with zero attached hydrogens (tertiary/aromatic N) is 2. The number of hydrogen-bond acceptors (Lipinski definition) is 3. The summed E-state index contributed by atoms with van der Waals surface area (Å²) in [5.41, 5.74) is 0.443. The second-order valence-corrected chi connectivity index (χ2v) is 8.45. The minimum Gasteiger partial charge on any atom is -0.316 e. The van der Waals surface area contributed by atoms with E-state index in [0.29, 0.717) is 5.41 Å². The van der Waals surface area contributed by atoms with E-state index in [2.05, 4.69) is 35.9 Å². The van der Waals surface area contributed by atoms with E-state index in [1.165, 1.54) is 71.4 Å². The molecule has 0 bridgehead atoms. The number of piperazine rings is 1. The molecule has 3 aliphatic rings. The standard InChI is InChI=1S/C18H35N3/c1-15-12-20-10-5-4-8-17(20)13-21(15)14-18(2,3)16-7-6-9-19-11-16/h15-17,19H,4-14H2,1-3H3. The number of piperidine rings is 2. The van der Waals surface area contributed by atoms with Crippen molar-refractivity contribution >= 4 is 0 Å². The Bertz CT molecular complexity index is 335. The normalized spacial score (nSPS) is 36.4. The molecule has 0 aromatic carbocycles. The smallest absolute Gasteiger partial charge is 0.0223 e. The van der Waals surface area contributed by atoms with Crippen molar-refractivity contribution in [3.8, 4) is 0 Å². The summed E-state index contributed by atoms with van der Waals surface area (Å²) in [5, 5.41) is 3.61. The molecule has 0 spiro atoms. The van der Waals surface area contributed by atoms with Gasteiger partial charge in [0.05, 0.1) is 0 Å². The molecule has 0 amide bonds. The quantitative estimate of drug-likeness (QED) is 0.863. The minimum atomic E-state index is 0.443. The van der Waals surface area contributed by atoms with Crippen molar-refractivity contribution in [2.75, 3.05) is 39.3 Å². The van der Waals surface area contributed by atoms with E-state index in [-0.39, 0.29) is 0 Å². The van der Waals surface area contributed by atoms with Crippen LogP contribution in [0, 0.1) is 11.3 Å². The molecule has 3 unspecified atom stereocenters. The Labute approximate surface area is 131 Å². The van der Waals surface area contributed by atoms with Crippen molar-refractivity contribution in [1.82, 2.24) is 15.1 Å². The van der Waals surface area contributed by atoms with Crippen molar-refractivity contribution < 1.29 is 0 Å². The Kier molecular flexibility index (Phi) is 4.92. The second kappa shape index (κ2) is 6.55. The fourth-order valence-corrected chi connectivity index (χ4v) is 4.80. The van der Waals surface area contributed by atoms with Crippen molar-refractivity contribution in [2.24, 2.45) is 11.3 Å². The molecular formula is C18H35N3. The van der Waals surface area contributed by atoms with Gasteiger partial charge in [-0.2, -0.15) is 0 Å². The molecule has 3 heterocycles. The van der Waals surface area contributed by atoms with E-state index in [1.807, 2.05) is 0 Å². The highest BCUT2D eigenvalue weighted by Crippen LogP contribution is 2.34. The molecule has 0 aromatic rings. The Morgan fingerprint density at radius 3 is 2.71 bits per heavy atom. The average Bonchev–Trinajstić information content (AvgIpc) is 2.49. The van der Waals surface area contributed by atoms with Crippen LogP contribution in [0.4, 0.5) is 0 Å². The monoisotopic (exact) mass is 293 g/mol. The Morgan fingerprint density at radius 1 is 1.10 bits per heavy atom. The molecule has 3 rings (SSSR count). The maximum atomic E-state index is 3.61. The van der Waals surface area contributed by atoms with Gasteiger partial charge >= 0.3 is 0 Å². The molecule has 0 radical (unpaired) electrons. The lowest BCUT2D eigenvalue weighted by Crippen LogP contribution is -2.60. The summed E-state index contributed by atoms with van der Waals surface area (Å²) in [4.78, 5) is 5.57. The molecule has 3 nitrogen and oxygen atoms in total. The average molecular weight is 293 g/mol. The summed E-state index contributed by atoms with van der Waals surface area (Å²) in [5.74, 6) is 0.850. The largest absolute Gasteiger partial charge is 0.316 e. The van der Waals surface area contributed by atoms with E-state index < -0.39 is 0 Å². The summed E-state index contributed by atoms with van der Waals surface area (Å²) in [7, 11) is 0. The third kappa shape index (κ3) is 3.62. The van der Waals surface area contributed by atoms with Crippen LogP contribution in [-0.2, 0) is 0 Å². The zero-order chi connectivity index (χ0) is 14.9. The van der Waals surface area contributed by atoms with Crippen LogP contribution < -0.4 is 5.32 Å². The van der Waals surface area contributed by atoms with Crippen molar-refractivity contribution in [3.05, 3.63) is 0 Å². The summed E-state index contributed by atoms with van der Waals surface area (Å²) < 4.78 is 0. The number of fused-ring (bicyclic) bond motifs is 1. The molecule has 0 aromatic heterocycles. The summed E-state index contributed by atoms with van der Waals surface area (Å²) in [6.45, 7) is 15.1. The summed E-state index contributed by atoms with van der Waals surface area (Å²) in [6.07, 6.45) is 7.06. The molecular weight excluding hydrogens is 258 g/mol. The van der Waals surface area contributed by atoms with Gasteiger partial charge in [0.15, 0.2) is 0 Å². The molecule has 3 aliphatic heterocycles. The molecule has 1 N–H and O–H groups in total. The van der Waals surface area contributed by atoms with Crippen LogP contribution in [-0.4, -0.2) is 61.2 Å². The summed E-state index contributed by atoms with van der Waals surface area (Å²) >= 11 is 0. The van der Waals surface area contributed by atoms with E-state index in [0.717, 1.165) is 18.0 Å². The first-order valence-corrected chi connectivity index (χ1v) is 9.25. The van der Waals surface area contributed by atoms with E-state index in [9.17, 15) is 0 Å². The second-order valence-electron chi connectivity index (χ2n) is 8.45. The Balaban J connectivity index is 1.60. The van der Waals surface area contributed by atoms with Gasteiger partial charge in [-0.3, -0.25) is 9.80 Å². The fourth-order valence-electron chi connectivity index (χ4n) is 4.80. The zero-order valence-corrected chi connectivity index (χ0v) is 14.4. The van der Waals surface area contributed by atoms with Gasteiger partial charge in [-0.05, 0) is 63.6 Å². The molecule has 122 valence electrons. The van der Waals surface area contributed by atoms with Crippen LogP contribution in [0.3, 0.4) is 0 Å². The van der Waals surface area contributed by atoms with Crippen molar-refractivity contribution in [3.63, 3.8) is 0 Å². The first-order valence-electron chi connectivity index (χ1n) is 9.25. The number of rotatable bonds is 3. The van der Waals surface area contributed by atoms with Gasteiger partial charge in [0, 0.05) is 31.7 Å². The maximum absolute atomic E-state index is 3.61. The van der Waals surface area contributed by atoms with Crippen LogP contribution in [0.1, 0.15) is 52.9 Å². The van der Waals surface area contributed by atoms with Crippen LogP contribution >= 0.6 is 0 Å². The van der Waals surface area contributed by atoms with E-state index >= 15 is 0 Å². The minimum absolute atomic E-state index is 0.443. The molecule has 3 atom stereocenters. The van der Waals surface area contributed by atoms with Gasteiger partial charge in [0.25, 0.3) is 0 Å². The Morgan fingerprint density at radius 2 is 1.95 bits per heavy atom. The molecule has 3 heteroatoms. The highest BCUT2D eigenvalue weighted by Gasteiger charge is 2.38. The third-order valence-electron chi connectivity index (χ3n) is 6.33. The lowest BCUT2D eigenvalue weighted by Gasteiger charge is -2.50. The third-order valence-corrected chi connectivity index (χ3v) is 6.33. The van der Waals surface area contributed by atoms with E-state index in [4.69, 9.17) is 0 Å². The molecule has 0 aliphatic carbocycles.